The monoisotopic (exact) mass is 383 g/mol. The zero-order valence-electron chi connectivity index (χ0n) is 16.3. The van der Waals surface area contributed by atoms with Crippen molar-refractivity contribution in [3.63, 3.8) is 0 Å². The number of hydrogen-bond acceptors (Lipinski definition) is 7. The molecule has 1 N–H and O–H groups in total. The molecule has 2 aromatic carbocycles. The highest BCUT2D eigenvalue weighted by Crippen LogP contribution is 2.28. The standard InChI is InChI=1S/C21H25N3O4/c1-24(13-17(25)16-7-5-4-6-8-16)14-21-22-20(23-28-21)12-15-9-10-18(26-2)19(11-15)27-3/h4-11,17,25H,12-14H2,1-3H3/t17-/m1/s1. The van der Waals surface area contributed by atoms with Crippen molar-refractivity contribution in [1.29, 1.82) is 0 Å². The van der Waals surface area contributed by atoms with E-state index in [1.54, 1.807) is 14.2 Å². The van der Waals surface area contributed by atoms with Crippen LogP contribution in [-0.2, 0) is 13.0 Å². The predicted octanol–water partition coefficient (Wildman–Crippen LogP) is 2.84. The van der Waals surface area contributed by atoms with Crippen LogP contribution in [0.4, 0.5) is 0 Å². The smallest absolute Gasteiger partial charge is 0.240 e. The molecule has 0 fully saturated rings. The normalized spacial score (nSPS) is 12.2. The number of nitrogens with zero attached hydrogens (tertiary/aromatic N) is 3. The number of aliphatic hydroxyl groups excluding tert-OH is 1. The van der Waals surface area contributed by atoms with E-state index in [4.69, 9.17) is 14.0 Å². The van der Waals surface area contributed by atoms with E-state index < -0.39 is 6.10 Å². The van der Waals surface area contributed by atoms with Gasteiger partial charge in [0.2, 0.25) is 5.89 Å². The highest BCUT2D eigenvalue weighted by Gasteiger charge is 2.15. The first-order valence-electron chi connectivity index (χ1n) is 9.03. The molecule has 0 spiro atoms. The van der Waals surface area contributed by atoms with Crippen LogP contribution < -0.4 is 9.47 Å². The van der Waals surface area contributed by atoms with E-state index in [0.29, 0.717) is 42.7 Å². The molecule has 1 aromatic heterocycles. The van der Waals surface area contributed by atoms with Gasteiger partial charge in [0.05, 0.1) is 26.9 Å². The van der Waals surface area contributed by atoms with Crippen molar-refractivity contribution in [3.8, 4) is 11.5 Å². The van der Waals surface area contributed by atoms with Crippen molar-refractivity contribution in [1.82, 2.24) is 15.0 Å². The van der Waals surface area contributed by atoms with Crippen LogP contribution in [0.15, 0.2) is 53.1 Å². The molecular weight excluding hydrogens is 358 g/mol. The van der Waals surface area contributed by atoms with Gasteiger partial charge in [-0.15, -0.1) is 0 Å². The summed E-state index contributed by atoms with van der Waals surface area (Å²) < 4.78 is 15.9. The molecule has 0 aliphatic carbocycles. The second kappa shape index (κ2) is 9.34. The van der Waals surface area contributed by atoms with Crippen molar-refractivity contribution in [2.45, 2.75) is 19.1 Å². The second-order valence-corrected chi connectivity index (χ2v) is 6.59. The average Bonchev–Trinajstić information content (AvgIpc) is 3.14. The fourth-order valence-corrected chi connectivity index (χ4v) is 2.97. The van der Waals surface area contributed by atoms with E-state index in [9.17, 15) is 5.11 Å². The van der Waals surface area contributed by atoms with Gasteiger partial charge in [-0.25, -0.2) is 0 Å². The van der Waals surface area contributed by atoms with Gasteiger partial charge in [0.25, 0.3) is 0 Å². The maximum atomic E-state index is 10.3. The number of hydrogen-bond donors (Lipinski definition) is 1. The summed E-state index contributed by atoms with van der Waals surface area (Å²) in [6.07, 6.45) is -0.0411. The molecule has 1 heterocycles. The van der Waals surface area contributed by atoms with Crippen molar-refractivity contribution >= 4 is 0 Å². The molecule has 148 valence electrons. The molecular formula is C21H25N3O4. The second-order valence-electron chi connectivity index (χ2n) is 6.59. The lowest BCUT2D eigenvalue weighted by Crippen LogP contribution is -2.24. The van der Waals surface area contributed by atoms with Crippen LogP contribution in [0.5, 0.6) is 11.5 Å². The molecule has 7 heteroatoms. The van der Waals surface area contributed by atoms with Gasteiger partial charge in [-0.05, 0) is 30.3 Å². The summed E-state index contributed by atoms with van der Waals surface area (Å²) in [5.41, 5.74) is 1.88. The van der Waals surface area contributed by atoms with E-state index in [2.05, 4.69) is 10.1 Å². The summed E-state index contributed by atoms with van der Waals surface area (Å²) in [6, 6.07) is 15.3. The van der Waals surface area contributed by atoms with E-state index in [-0.39, 0.29) is 0 Å². The van der Waals surface area contributed by atoms with Crippen molar-refractivity contribution < 1.29 is 19.1 Å². The molecule has 0 aliphatic rings. The lowest BCUT2D eigenvalue weighted by atomic mass is 10.1. The third kappa shape index (κ3) is 5.09. The van der Waals surface area contributed by atoms with Crippen LogP contribution in [0, 0.1) is 0 Å². The van der Waals surface area contributed by atoms with E-state index in [1.165, 1.54) is 0 Å². The van der Waals surface area contributed by atoms with Crippen molar-refractivity contribution in [2.24, 2.45) is 0 Å². The molecule has 28 heavy (non-hydrogen) atoms. The molecule has 0 radical (unpaired) electrons. The van der Waals surface area contributed by atoms with Crippen LogP contribution >= 0.6 is 0 Å². The van der Waals surface area contributed by atoms with Gasteiger partial charge in [-0.2, -0.15) is 4.98 Å². The molecule has 0 bridgehead atoms. The number of aromatic nitrogens is 2. The first-order valence-corrected chi connectivity index (χ1v) is 9.03. The molecule has 0 saturated carbocycles. The third-order valence-electron chi connectivity index (χ3n) is 4.39. The largest absolute Gasteiger partial charge is 0.493 e. The molecule has 0 unspecified atom stereocenters. The summed E-state index contributed by atoms with van der Waals surface area (Å²) in [7, 11) is 5.12. The van der Waals surface area contributed by atoms with Crippen molar-refractivity contribution in [3.05, 3.63) is 71.4 Å². The maximum Gasteiger partial charge on any atom is 0.240 e. The van der Waals surface area contributed by atoms with Gasteiger partial charge in [-0.3, -0.25) is 4.90 Å². The topological polar surface area (TPSA) is 80.9 Å². The Morgan fingerprint density at radius 1 is 1.07 bits per heavy atom. The third-order valence-corrected chi connectivity index (χ3v) is 4.39. The minimum atomic E-state index is -0.569. The highest BCUT2D eigenvalue weighted by molar-refractivity contribution is 5.43. The Kier molecular flexibility index (Phi) is 6.62. The molecule has 0 aliphatic heterocycles. The minimum Gasteiger partial charge on any atom is -0.493 e. The molecule has 7 nitrogen and oxygen atoms in total. The van der Waals surface area contributed by atoms with E-state index >= 15 is 0 Å². The number of aliphatic hydroxyl groups is 1. The number of benzene rings is 2. The van der Waals surface area contributed by atoms with Crippen LogP contribution in [0.25, 0.3) is 0 Å². The molecule has 0 saturated heterocycles. The molecule has 3 aromatic rings. The van der Waals surface area contributed by atoms with Crippen LogP contribution in [0.1, 0.15) is 28.9 Å². The van der Waals surface area contributed by atoms with Gasteiger partial charge in [0, 0.05) is 13.0 Å². The molecule has 0 amide bonds. The summed E-state index contributed by atoms with van der Waals surface area (Å²) in [6.45, 7) is 0.931. The fraction of sp³-hybridized carbons (Fsp3) is 0.333. The Morgan fingerprint density at radius 3 is 2.54 bits per heavy atom. The average molecular weight is 383 g/mol. The number of likely N-dealkylation sites (N-methyl/N-ethyl adjacent to an activating group) is 1. The lowest BCUT2D eigenvalue weighted by molar-refractivity contribution is 0.118. The Bertz CT molecular complexity index is 882. The number of rotatable bonds is 9. The van der Waals surface area contributed by atoms with Gasteiger partial charge in [-0.1, -0.05) is 41.6 Å². The maximum absolute atomic E-state index is 10.3. The van der Waals surface area contributed by atoms with Crippen LogP contribution in [0.2, 0.25) is 0 Å². The fourth-order valence-electron chi connectivity index (χ4n) is 2.97. The predicted molar refractivity (Wildman–Crippen MR) is 104 cm³/mol. The number of ether oxygens (including phenoxy) is 2. The molecule has 3 rings (SSSR count). The van der Waals surface area contributed by atoms with Gasteiger partial charge in [0.1, 0.15) is 0 Å². The summed E-state index contributed by atoms with van der Waals surface area (Å²) in [5.74, 6) is 2.45. The minimum absolute atomic E-state index is 0.461. The lowest BCUT2D eigenvalue weighted by Gasteiger charge is -2.19. The molecule has 1 atom stereocenters. The summed E-state index contributed by atoms with van der Waals surface area (Å²) in [5, 5.41) is 14.4. The summed E-state index contributed by atoms with van der Waals surface area (Å²) in [4.78, 5) is 6.40. The van der Waals surface area contributed by atoms with Crippen molar-refractivity contribution in [2.75, 3.05) is 27.8 Å². The Morgan fingerprint density at radius 2 is 1.82 bits per heavy atom. The van der Waals surface area contributed by atoms with Gasteiger partial charge in [0.15, 0.2) is 17.3 Å². The van der Waals surface area contributed by atoms with Crippen LogP contribution in [0.3, 0.4) is 0 Å². The quantitative estimate of drug-likeness (QED) is 0.608. The highest BCUT2D eigenvalue weighted by atomic mass is 16.5. The van der Waals surface area contributed by atoms with Gasteiger partial charge >= 0.3 is 0 Å². The Hall–Kier alpha value is -2.90. The zero-order chi connectivity index (χ0) is 19.9. The SMILES string of the molecule is COc1ccc(Cc2noc(CN(C)C[C@@H](O)c3ccccc3)n2)cc1OC. The Labute approximate surface area is 164 Å². The zero-order valence-corrected chi connectivity index (χ0v) is 16.3. The first-order chi connectivity index (χ1) is 13.6. The van der Waals surface area contributed by atoms with Crippen LogP contribution in [-0.4, -0.2) is 48.0 Å². The van der Waals surface area contributed by atoms with Gasteiger partial charge < -0.3 is 19.1 Å². The number of methoxy groups -OCH3 is 2. The van der Waals surface area contributed by atoms with E-state index in [1.807, 2.05) is 60.5 Å². The summed E-state index contributed by atoms with van der Waals surface area (Å²) >= 11 is 0. The first kappa shape index (κ1) is 19.9. The van der Waals surface area contributed by atoms with E-state index in [0.717, 1.165) is 11.1 Å². The Balaban J connectivity index is 1.58.